The van der Waals surface area contributed by atoms with Gasteiger partial charge in [-0.25, -0.2) is 4.79 Å². The van der Waals surface area contributed by atoms with Crippen LogP contribution in [0.1, 0.15) is 5.56 Å². The average molecular weight is 462 g/mol. The minimum absolute atomic E-state index is 0.270. The van der Waals surface area contributed by atoms with Gasteiger partial charge in [-0.2, -0.15) is 0 Å². The van der Waals surface area contributed by atoms with Gasteiger partial charge in [0, 0.05) is 22.2 Å². The summed E-state index contributed by atoms with van der Waals surface area (Å²) in [5, 5.41) is 4.87. The minimum atomic E-state index is -0.519. The zero-order valence-corrected chi connectivity index (χ0v) is 18.7. The van der Waals surface area contributed by atoms with Crippen molar-refractivity contribution in [2.45, 2.75) is 0 Å². The smallest absolute Gasteiger partial charge is 0.341 e. The van der Waals surface area contributed by atoms with Crippen molar-refractivity contribution in [1.82, 2.24) is 5.16 Å². The van der Waals surface area contributed by atoms with Gasteiger partial charge in [0.25, 0.3) is 0 Å². The molecule has 0 fully saturated rings. The second kappa shape index (κ2) is 10.1. The lowest BCUT2D eigenvalue weighted by molar-refractivity contribution is -0.133. The van der Waals surface area contributed by atoms with Crippen molar-refractivity contribution >= 4 is 23.1 Å². The van der Waals surface area contributed by atoms with E-state index in [9.17, 15) is 4.79 Å². The van der Waals surface area contributed by atoms with E-state index in [0.717, 1.165) is 5.56 Å². The number of carbonyl (C=O) groups is 1. The number of methoxy groups -OCH3 is 2. The number of rotatable bonds is 7. The van der Waals surface area contributed by atoms with Crippen LogP contribution in [0.4, 0.5) is 0 Å². The molecule has 0 unspecified atom stereocenters. The molecule has 7 heteroatoms. The first kappa shape index (κ1) is 22.2. The first-order valence-electron chi connectivity index (χ1n) is 10.0. The monoisotopic (exact) mass is 461 g/mol. The standard InChI is InChI=1S/C26H20ClNO5/c1-30-16-22(26(29)31-2)19-7-3-4-8-20(19)23-15-25(33-28-23)21-9-5-6-10-24(21)32-18-13-11-17(27)12-14-18/h3-16H,1-2H3. The predicted octanol–water partition coefficient (Wildman–Crippen LogP) is 6.61. The molecule has 3 aromatic carbocycles. The zero-order valence-electron chi connectivity index (χ0n) is 17.9. The molecule has 0 amide bonds. The fourth-order valence-corrected chi connectivity index (χ4v) is 3.43. The summed E-state index contributed by atoms with van der Waals surface area (Å²) in [5.41, 5.74) is 2.85. The van der Waals surface area contributed by atoms with Crippen LogP contribution in [0, 0.1) is 0 Å². The number of carbonyl (C=O) groups excluding carboxylic acids is 1. The van der Waals surface area contributed by atoms with Gasteiger partial charge in [-0.1, -0.05) is 53.2 Å². The Bertz CT molecular complexity index is 1290. The van der Waals surface area contributed by atoms with Crippen LogP contribution in [0.15, 0.2) is 89.6 Å². The van der Waals surface area contributed by atoms with Gasteiger partial charge in [-0.3, -0.25) is 0 Å². The molecule has 1 aromatic heterocycles. The van der Waals surface area contributed by atoms with Gasteiger partial charge in [-0.15, -0.1) is 0 Å². The second-order valence-corrected chi connectivity index (χ2v) is 7.37. The summed E-state index contributed by atoms with van der Waals surface area (Å²) >= 11 is 5.97. The third kappa shape index (κ3) is 4.91. The number of halogens is 1. The SMILES string of the molecule is COC=C(C(=O)OC)c1ccccc1-c1cc(-c2ccccc2Oc2ccc(Cl)cc2)on1. The maximum Gasteiger partial charge on any atom is 0.341 e. The number of hydrogen-bond acceptors (Lipinski definition) is 6. The van der Waals surface area contributed by atoms with Gasteiger partial charge in [-0.05, 0) is 36.4 Å². The van der Waals surface area contributed by atoms with Gasteiger partial charge in [0.1, 0.15) is 22.8 Å². The second-order valence-electron chi connectivity index (χ2n) is 6.93. The molecule has 4 rings (SSSR count). The molecule has 0 spiro atoms. The first-order chi connectivity index (χ1) is 16.1. The van der Waals surface area contributed by atoms with Gasteiger partial charge < -0.3 is 18.7 Å². The number of esters is 1. The van der Waals surface area contributed by atoms with Crippen LogP contribution in [0.25, 0.3) is 28.2 Å². The Labute approximate surface area is 196 Å². The van der Waals surface area contributed by atoms with Crippen molar-refractivity contribution in [3.05, 3.63) is 95.7 Å². The number of benzene rings is 3. The van der Waals surface area contributed by atoms with E-state index in [4.69, 9.17) is 30.3 Å². The summed E-state index contributed by atoms with van der Waals surface area (Å²) in [5.74, 6) is 1.24. The number of aromatic nitrogens is 1. The predicted molar refractivity (Wildman–Crippen MR) is 126 cm³/mol. The van der Waals surface area contributed by atoms with Crippen LogP contribution >= 0.6 is 11.6 Å². The molecule has 4 aromatic rings. The molecule has 0 saturated carbocycles. The Morgan fingerprint density at radius 1 is 0.939 bits per heavy atom. The summed E-state index contributed by atoms with van der Waals surface area (Å²) in [4.78, 5) is 12.3. The van der Waals surface area contributed by atoms with Crippen LogP contribution in [-0.4, -0.2) is 25.3 Å². The molecular weight excluding hydrogens is 442 g/mol. The van der Waals surface area contributed by atoms with Gasteiger partial charge >= 0.3 is 5.97 Å². The number of ether oxygens (including phenoxy) is 3. The zero-order chi connectivity index (χ0) is 23.2. The normalized spacial score (nSPS) is 11.2. The highest BCUT2D eigenvalue weighted by Crippen LogP contribution is 2.37. The van der Waals surface area contributed by atoms with Gasteiger partial charge in [0.2, 0.25) is 0 Å². The maximum absolute atomic E-state index is 12.3. The Balaban J connectivity index is 1.71. The number of para-hydroxylation sites is 1. The van der Waals surface area contributed by atoms with Crippen LogP contribution in [-0.2, 0) is 14.3 Å². The van der Waals surface area contributed by atoms with Crippen molar-refractivity contribution < 1.29 is 23.5 Å². The van der Waals surface area contributed by atoms with E-state index in [1.54, 1.807) is 36.4 Å². The molecule has 0 saturated heterocycles. The van der Waals surface area contributed by atoms with E-state index >= 15 is 0 Å². The Morgan fingerprint density at radius 2 is 1.64 bits per heavy atom. The van der Waals surface area contributed by atoms with Crippen LogP contribution < -0.4 is 4.74 Å². The topological polar surface area (TPSA) is 70.8 Å². The van der Waals surface area contributed by atoms with Gasteiger partial charge in [0.05, 0.1) is 26.0 Å². The summed E-state index contributed by atoms with van der Waals surface area (Å²) in [7, 11) is 2.79. The van der Waals surface area contributed by atoms with Crippen LogP contribution in [0.2, 0.25) is 5.02 Å². The lowest BCUT2D eigenvalue weighted by Gasteiger charge is -2.10. The Kier molecular flexibility index (Phi) is 6.76. The highest BCUT2D eigenvalue weighted by Gasteiger charge is 2.20. The fraction of sp³-hybridized carbons (Fsp3) is 0.0769. The minimum Gasteiger partial charge on any atom is -0.503 e. The average Bonchev–Trinajstić information content (AvgIpc) is 3.34. The Morgan fingerprint density at radius 3 is 2.36 bits per heavy atom. The lowest BCUT2D eigenvalue weighted by atomic mass is 9.98. The molecule has 0 atom stereocenters. The largest absolute Gasteiger partial charge is 0.503 e. The summed E-state index contributed by atoms with van der Waals surface area (Å²) in [6, 6.07) is 23.7. The van der Waals surface area contributed by atoms with Crippen molar-refractivity contribution in [3.63, 3.8) is 0 Å². The molecule has 0 aliphatic rings. The molecule has 0 N–H and O–H groups in total. The van der Waals surface area contributed by atoms with Crippen molar-refractivity contribution in [2.75, 3.05) is 14.2 Å². The molecule has 33 heavy (non-hydrogen) atoms. The third-order valence-corrected chi connectivity index (χ3v) is 5.09. The van der Waals surface area contributed by atoms with E-state index in [1.807, 2.05) is 42.5 Å². The number of nitrogens with zero attached hydrogens (tertiary/aromatic N) is 1. The third-order valence-electron chi connectivity index (χ3n) is 4.84. The first-order valence-corrected chi connectivity index (χ1v) is 10.4. The molecule has 0 aliphatic heterocycles. The fourth-order valence-electron chi connectivity index (χ4n) is 3.31. The quantitative estimate of drug-likeness (QED) is 0.175. The molecule has 166 valence electrons. The van der Waals surface area contributed by atoms with Crippen molar-refractivity contribution in [3.8, 4) is 34.1 Å². The van der Waals surface area contributed by atoms with Crippen LogP contribution in [0.3, 0.4) is 0 Å². The maximum atomic E-state index is 12.3. The number of hydrogen-bond donors (Lipinski definition) is 0. The van der Waals surface area contributed by atoms with Crippen molar-refractivity contribution in [1.29, 1.82) is 0 Å². The summed E-state index contributed by atoms with van der Waals surface area (Å²) < 4.78 is 21.7. The Hall–Kier alpha value is -4.03. The molecule has 0 bridgehead atoms. The lowest BCUT2D eigenvalue weighted by Crippen LogP contribution is -2.05. The summed E-state index contributed by atoms with van der Waals surface area (Å²) in [6.45, 7) is 0. The van der Waals surface area contributed by atoms with E-state index in [0.29, 0.717) is 39.1 Å². The van der Waals surface area contributed by atoms with Crippen molar-refractivity contribution in [2.24, 2.45) is 0 Å². The molecule has 0 radical (unpaired) electrons. The highest BCUT2D eigenvalue weighted by atomic mass is 35.5. The summed E-state index contributed by atoms with van der Waals surface area (Å²) in [6.07, 6.45) is 1.35. The van der Waals surface area contributed by atoms with E-state index < -0.39 is 5.97 Å². The van der Waals surface area contributed by atoms with E-state index in [1.165, 1.54) is 20.5 Å². The van der Waals surface area contributed by atoms with E-state index in [-0.39, 0.29) is 5.57 Å². The van der Waals surface area contributed by atoms with Gasteiger partial charge in [0.15, 0.2) is 5.76 Å². The molecule has 0 aliphatic carbocycles. The molecule has 6 nitrogen and oxygen atoms in total. The van der Waals surface area contributed by atoms with E-state index in [2.05, 4.69) is 5.16 Å². The molecule has 1 heterocycles. The highest BCUT2D eigenvalue weighted by molar-refractivity contribution is 6.30. The molecular formula is C26H20ClNO5. The van der Waals surface area contributed by atoms with Crippen LogP contribution in [0.5, 0.6) is 11.5 Å².